The van der Waals surface area contributed by atoms with Gasteiger partial charge in [-0.2, -0.15) is 9.78 Å². The number of ether oxygens (including phenoxy) is 2. The zero-order valence-corrected chi connectivity index (χ0v) is 19.7. The molecule has 1 amide bonds. The number of hydrogen-bond donors (Lipinski definition) is 1. The molecular weight excluding hydrogens is 456 g/mol. The molecule has 0 radical (unpaired) electrons. The van der Waals surface area contributed by atoms with Crippen LogP contribution >= 0.6 is 11.6 Å². The smallest absolute Gasteiger partial charge is 0.343 e. The molecule has 0 aliphatic carbocycles. The Morgan fingerprint density at radius 1 is 1.15 bits per heavy atom. The maximum atomic E-state index is 13.0. The zero-order chi connectivity index (χ0) is 24.2. The molecule has 0 fully saturated rings. The van der Waals surface area contributed by atoms with Crippen molar-refractivity contribution in [1.82, 2.24) is 14.8 Å². The molecule has 2 aromatic carbocycles. The Labute approximate surface area is 201 Å². The Kier molecular flexibility index (Phi) is 6.79. The molecule has 34 heavy (non-hydrogen) atoms. The third-order valence-electron chi connectivity index (χ3n) is 5.13. The number of nitrogens with zero attached hydrogens (tertiary/aromatic N) is 3. The summed E-state index contributed by atoms with van der Waals surface area (Å²) in [7, 11) is 0. The summed E-state index contributed by atoms with van der Waals surface area (Å²) in [6, 6.07) is 16.2. The molecule has 0 bridgehead atoms. The van der Waals surface area contributed by atoms with Crippen LogP contribution in [0.1, 0.15) is 29.8 Å². The van der Waals surface area contributed by atoms with Gasteiger partial charge in [0.15, 0.2) is 17.7 Å². The number of aromatic nitrogens is 3. The van der Waals surface area contributed by atoms with Gasteiger partial charge >= 0.3 is 5.97 Å². The van der Waals surface area contributed by atoms with Gasteiger partial charge in [-0.3, -0.25) is 4.79 Å². The number of rotatable bonds is 7. The fourth-order valence-electron chi connectivity index (χ4n) is 3.43. The highest BCUT2D eigenvalue weighted by molar-refractivity contribution is 6.30. The van der Waals surface area contributed by atoms with E-state index >= 15 is 0 Å². The number of carbonyl (C=O) groups is 2. The Morgan fingerprint density at radius 2 is 1.88 bits per heavy atom. The Hall–Kier alpha value is -3.91. The van der Waals surface area contributed by atoms with E-state index in [0.717, 1.165) is 16.5 Å². The number of para-hydroxylation sites is 1. The van der Waals surface area contributed by atoms with E-state index in [4.69, 9.17) is 21.1 Å². The lowest BCUT2D eigenvalue weighted by Gasteiger charge is -2.16. The van der Waals surface area contributed by atoms with Crippen LogP contribution in [0.3, 0.4) is 0 Å². The quantitative estimate of drug-likeness (QED) is 0.377. The van der Waals surface area contributed by atoms with Gasteiger partial charge in [-0.25, -0.2) is 9.78 Å². The highest BCUT2D eigenvalue weighted by atomic mass is 35.5. The molecule has 2 heterocycles. The largest absolute Gasteiger partial charge is 0.481 e. The van der Waals surface area contributed by atoms with Gasteiger partial charge in [-0.15, -0.1) is 0 Å². The van der Waals surface area contributed by atoms with E-state index in [-0.39, 0.29) is 18.0 Å². The topological polar surface area (TPSA) is 95.3 Å². The SMILES string of the molecule is CCOC(=O)c1cnn(-c2cc(C)c3ccccc3n2)c1NC(=O)C(C)Oc1ccc(Cl)cc1. The number of halogens is 1. The Bertz CT molecular complexity index is 1350. The summed E-state index contributed by atoms with van der Waals surface area (Å²) in [5.41, 5.74) is 1.86. The van der Waals surface area contributed by atoms with Gasteiger partial charge in [0.2, 0.25) is 0 Å². The van der Waals surface area contributed by atoms with Gasteiger partial charge in [0.1, 0.15) is 11.3 Å². The minimum atomic E-state index is -0.870. The maximum absolute atomic E-state index is 13.0. The molecule has 0 aliphatic heterocycles. The second-order valence-electron chi connectivity index (χ2n) is 7.56. The van der Waals surface area contributed by atoms with Crippen molar-refractivity contribution in [2.24, 2.45) is 0 Å². The van der Waals surface area contributed by atoms with E-state index in [1.807, 2.05) is 37.3 Å². The van der Waals surface area contributed by atoms with E-state index < -0.39 is 18.0 Å². The van der Waals surface area contributed by atoms with Gasteiger partial charge in [-0.05, 0) is 62.7 Å². The van der Waals surface area contributed by atoms with Gasteiger partial charge in [-0.1, -0.05) is 29.8 Å². The Morgan fingerprint density at radius 3 is 2.62 bits per heavy atom. The number of nitrogens with one attached hydrogen (secondary N) is 1. The predicted molar refractivity (Wildman–Crippen MR) is 130 cm³/mol. The lowest BCUT2D eigenvalue weighted by molar-refractivity contribution is -0.122. The molecule has 8 nitrogen and oxygen atoms in total. The van der Waals surface area contributed by atoms with Crippen LogP contribution in [-0.4, -0.2) is 39.4 Å². The van der Waals surface area contributed by atoms with Crippen LogP contribution in [0.4, 0.5) is 5.82 Å². The number of fused-ring (bicyclic) bond motifs is 1. The summed E-state index contributed by atoms with van der Waals surface area (Å²) in [4.78, 5) is 30.2. The maximum Gasteiger partial charge on any atom is 0.343 e. The molecule has 2 aromatic heterocycles. The number of hydrogen-bond acceptors (Lipinski definition) is 6. The van der Waals surface area contributed by atoms with Crippen molar-refractivity contribution in [2.45, 2.75) is 26.9 Å². The van der Waals surface area contributed by atoms with E-state index in [1.54, 1.807) is 38.1 Å². The van der Waals surface area contributed by atoms with Crippen LogP contribution < -0.4 is 10.1 Å². The van der Waals surface area contributed by atoms with Gasteiger partial charge in [0.05, 0.1) is 18.3 Å². The Balaban J connectivity index is 1.69. The molecule has 0 saturated carbocycles. The first kappa shape index (κ1) is 23.3. The first-order valence-corrected chi connectivity index (χ1v) is 11.1. The van der Waals surface area contributed by atoms with Crippen molar-refractivity contribution in [3.05, 3.63) is 76.9 Å². The molecule has 0 aliphatic rings. The second kappa shape index (κ2) is 9.93. The van der Waals surface area contributed by atoms with Crippen LogP contribution in [0, 0.1) is 6.92 Å². The highest BCUT2D eigenvalue weighted by Gasteiger charge is 2.25. The summed E-state index contributed by atoms with van der Waals surface area (Å²) in [6.45, 7) is 5.45. The predicted octanol–water partition coefficient (Wildman–Crippen LogP) is 4.97. The van der Waals surface area contributed by atoms with Crippen LogP contribution in [0.15, 0.2) is 60.8 Å². The molecule has 0 saturated heterocycles. The standard InChI is InChI=1S/C25H23ClN4O4/c1-4-33-25(32)20-14-27-30(22-13-15(2)19-7-5-6-8-21(19)28-22)23(20)29-24(31)16(3)34-18-11-9-17(26)10-12-18/h5-14,16H,4H2,1-3H3,(H,29,31). The first-order chi connectivity index (χ1) is 16.4. The van der Waals surface area contributed by atoms with E-state index in [2.05, 4.69) is 15.4 Å². The van der Waals surface area contributed by atoms with Crippen molar-refractivity contribution in [2.75, 3.05) is 11.9 Å². The van der Waals surface area contributed by atoms with Gasteiger partial charge < -0.3 is 14.8 Å². The summed E-state index contributed by atoms with van der Waals surface area (Å²) in [6.07, 6.45) is 0.482. The average Bonchev–Trinajstić information content (AvgIpc) is 3.24. The average molecular weight is 479 g/mol. The minimum Gasteiger partial charge on any atom is -0.481 e. The highest BCUT2D eigenvalue weighted by Crippen LogP contribution is 2.25. The molecule has 4 aromatic rings. The van der Waals surface area contributed by atoms with Crippen LogP contribution in [-0.2, 0) is 9.53 Å². The van der Waals surface area contributed by atoms with Crippen molar-refractivity contribution in [1.29, 1.82) is 0 Å². The molecule has 174 valence electrons. The number of anilines is 1. The molecule has 1 N–H and O–H groups in total. The first-order valence-electron chi connectivity index (χ1n) is 10.7. The lowest BCUT2D eigenvalue weighted by Crippen LogP contribution is -2.31. The van der Waals surface area contributed by atoms with Crippen molar-refractivity contribution >= 4 is 40.2 Å². The van der Waals surface area contributed by atoms with Crippen LogP contribution in [0.2, 0.25) is 5.02 Å². The molecule has 1 atom stereocenters. The number of pyridine rings is 1. The molecule has 1 unspecified atom stereocenters. The number of esters is 1. The lowest BCUT2D eigenvalue weighted by atomic mass is 10.1. The van der Waals surface area contributed by atoms with Crippen molar-refractivity contribution in [3.8, 4) is 11.6 Å². The summed E-state index contributed by atoms with van der Waals surface area (Å²) >= 11 is 5.91. The summed E-state index contributed by atoms with van der Waals surface area (Å²) < 4.78 is 12.3. The van der Waals surface area contributed by atoms with Crippen molar-refractivity contribution < 1.29 is 19.1 Å². The summed E-state index contributed by atoms with van der Waals surface area (Å²) in [5, 5.41) is 8.65. The molecule has 9 heteroatoms. The number of amides is 1. The molecule has 0 spiro atoms. The normalized spacial score (nSPS) is 11.8. The molecule has 4 rings (SSSR count). The third-order valence-corrected chi connectivity index (χ3v) is 5.38. The second-order valence-corrected chi connectivity index (χ2v) is 7.99. The minimum absolute atomic E-state index is 0.113. The van der Waals surface area contributed by atoms with Gasteiger partial charge in [0, 0.05) is 10.4 Å². The number of carbonyl (C=O) groups excluding carboxylic acids is 2. The van der Waals surface area contributed by atoms with E-state index in [0.29, 0.717) is 16.6 Å². The fraction of sp³-hybridized carbons (Fsp3) is 0.200. The van der Waals surface area contributed by atoms with E-state index in [9.17, 15) is 9.59 Å². The fourth-order valence-corrected chi connectivity index (χ4v) is 3.56. The molecular formula is C25H23ClN4O4. The number of benzene rings is 2. The van der Waals surface area contributed by atoms with E-state index in [1.165, 1.54) is 10.9 Å². The van der Waals surface area contributed by atoms with Gasteiger partial charge in [0.25, 0.3) is 5.91 Å². The summed E-state index contributed by atoms with van der Waals surface area (Å²) in [5.74, 6) is 0.0103. The number of aryl methyl sites for hydroxylation is 1. The third kappa shape index (κ3) is 4.87. The van der Waals surface area contributed by atoms with Crippen molar-refractivity contribution in [3.63, 3.8) is 0 Å². The van der Waals surface area contributed by atoms with Crippen LogP contribution in [0.25, 0.3) is 16.7 Å². The van der Waals surface area contributed by atoms with Crippen LogP contribution in [0.5, 0.6) is 5.75 Å². The monoisotopic (exact) mass is 478 g/mol. The zero-order valence-electron chi connectivity index (χ0n) is 18.9.